The van der Waals surface area contributed by atoms with Crippen LogP contribution in [-0.4, -0.2) is 54.0 Å². The molecule has 6 heteroatoms. The summed E-state index contributed by atoms with van der Waals surface area (Å²) in [6.07, 6.45) is 2.25. The number of nitrogens with one attached hydrogen (secondary N) is 1. The maximum atomic E-state index is 13.1. The Morgan fingerprint density at radius 1 is 1.35 bits per heavy atom. The van der Waals surface area contributed by atoms with Crippen LogP contribution in [0, 0.1) is 5.82 Å². The van der Waals surface area contributed by atoms with Crippen LogP contribution in [-0.2, 0) is 11.3 Å². The predicted octanol–water partition coefficient (Wildman–Crippen LogP) is 2.37. The van der Waals surface area contributed by atoms with E-state index in [-0.39, 0.29) is 17.8 Å². The van der Waals surface area contributed by atoms with Gasteiger partial charge in [-0.1, -0.05) is 22.0 Å². The van der Waals surface area contributed by atoms with Gasteiger partial charge in [0.15, 0.2) is 0 Å². The summed E-state index contributed by atoms with van der Waals surface area (Å²) < 4.78 is 14.0. The summed E-state index contributed by atoms with van der Waals surface area (Å²) in [4.78, 5) is 16.7. The molecule has 1 amide bonds. The lowest BCUT2D eigenvalue weighted by molar-refractivity contribution is -0.126. The topological polar surface area (TPSA) is 35.6 Å². The summed E-state index contributed by atoms with van der Waals surface area (Å²) >= 11 is 3.43. The van der Waals surface area contributed by atoms with Crippen molar-refractivity contribution in [1.82, 2.24) is 15.1 Å². The Hall–Kier alpha value is -0.980. The molecule has 23 heavy (non-hydrogen) atoms. The highest BCUT2D eigenvalue weighted by Gasteiger charge is 2.30. The summed E-state index contributed by atoms with van der Waals surface area (Å²) in [6.45, 7) is 6.41. The van der Waals surface area contributed by atoms with Crippen molar-refractivity contribution in [3.63, 3.8) is 0 Å². The molecule has 126 valence electrons. The minimum Gasteiger partial charge on any atom is -0.352 e. The quantitative estimate of drug-likeness (QED) is 0.847. The van der Waals surface area contributed by atoms with Crippen LogP contribution in [0.15, 0.2) is 22.7 Å². The number of hydrogen-bond donors (Lipinski definition) is 1. The van der Waals surface area contributed by atoms with Gasteiger partial charge in [-0.3, -0.25) is 14.6 Å². The molecule has 1 atom stereocenters. The summed E-state index contributed by atoms with van der Waals surface area (Å²) in [7, 11) is 0. The molecule has 0 aromatic heterocycles. The van der Waals surface area contributed by atoms with Gasteiger partial charge >= 0.3 is 0 Å². The number of hydrogen-bond acceptors (Lipinski definition) is 3. The third-order valence-corrected chi connectivity index (χ3v) is 5.41. The summed E-state index contributed by atoms with van der Waals surface area (Å²) in [5, 5.41) is 3.08. The average molecular weight is 384 g/mol. The number of nitrogens with zero attached hydrogens (tertiary/aromatic N) is 2. The van der Waals surface area contributed by atoms with Crippen molar-refractivity contribution in [1.29, 1.82) is 0 Å². The maximum absolute atomic E-state index is 13.1. The molecule has 1 aromatic rings. The van der Waals surface area contributed by atoms with Crippen LogP contribution in [0.4, 0.5) is 4.39 Å². The number of carbonyl (C=O) groups is 1. The minimum atomic E-state index is -0.221. The highest BCUT2D eigenvalue weighted by Crippen LogP contribution is 2.21. The minimum absolute atomic E-state index is 0.0599. The van der Waals surface area contributed by atoms with E-state index in [9.17, 15) is 9.18 Å². The lowest BCUT2D eigenvalue weighted by Crippen LogP contribution is -2.53. The number of amides is 1. The molecule has 1 aliphatic heterocycles. The zero-order valence-corrected chi connectivity index (χ0v) is 15.0. The van der Waals surface area contributed by atoms with E-state index in [0.717, 1.165) is 55.6 Å². The van der Waals surface area contributed by atoms with Crippen molar-refractivity contribution in [3.05, 3.63) is 34.1 Å². The molecule has 1 aromatic carbocycles. The van der Waals surface area contributed by atoms with Gasteiger partial charge in [-0.15, -0.1) is 0 Å². The number of rotatable bonds is 5. The van der Waals surface area contributed by atoms with Gasteiger partial charge in [0, 0.05) is 43.2 Å². The molecule has 2 fully saturated rings. The van der Waals surface area contributed by atoms with E-state index in [0.29, 0.717) is 6.04 Å². The van der Waals surface area contributed by atoms with Crippen molar-refractivity contribution in [2.24, 2.45) is 0 Å². The Morgan fingerprint density at radius 3 is 2.65 bits per heavy atom. The van der Waals surface area contributed by atoms with Crippen LogP contribution >= 0.6 is 15.9 Å². The van der Waals surface area contributed by atoms with E-state index < -0.39 is 0 Å². The molecule has 1 heterocycles. The van der Waals surface area contributed by atoms with E-state index in [1.54, 1.807) is 0 Å². The molecule has 3 rings (SSSR count). The molecule has 1 unspecified atom stereocenters. The van der Waals surface area contributed by atoms with Crippen molar-refractivity contribution >= 4 is 21.8 Å². The zero-order valence-electron chi connectivity index (χ0n) is 13.4. The van der Waals surface area contributed by atoms with Gasteiger partial charge in [0.1, 0.15) is 5.82 Å². The predicted molar refractivity (Wildman–Crippen MR) is 91.6 cm³/mol. The van der Waals surface area contributed by atoms with Crippen LogP contribution in [0.3, 0.4) is 0 Å². The van der Waals surface area contributed by atoms with Gasteiger partial charge in [0.25, 0.3) is 0 Å². The van der Waals surface area contributed by atoms with Gasteiger partial charge in [0.2, 0.25) is 5.91 Å². The van der Waals surface area contributed by atoms with E-state index in [1.807, 2.05) is 13.0 Å². The van der Waals surface area contributed by atoms with Crippen molar-refractivity contribution < 1.29 is 9.18 Å². The van der Waals surface area contributed by atoms with E-state index >= 15 is 0 Å². The second-order valence-electron chi connectivity index (χ2n) is 6.51. The molecule has 2 aliphatic rings. The fraction of sp³-hybridized carbons (Fsp3) is 0.588. The number of piperazine rings is 1. The monoisotopic (exact) mass is 383 g/mol. The second-order valence-corrected chi connectivity index (χ2v) is 7.36. The van der Waals surface area contributed by atoms with Gasteiger partial charge in [-0.2, -0.15) is 0 Å². The van der Waals surface area contributed by atoms with Gasteiger partial charge in [-0.25, -0.2) is 4.39 Å². The van der Waals surface area contributed by atoms with Crippen molar-refractivity contribution in [3.8, 4) is 0 Å². The first-order valence-electron chi connectivity index (χ1n) is 8.23. The SMILES string of the molecule is CC(C(=O)NC1CC1)N1CCN(Cc2ccc(F)cc2Br)CC1. The molecular formula is C17H23BrFN3O. The number of benzene rings is 1. The summed E-state index contributed by atoms with van der Waals surface area (Å²) in [6, 6.07) is 5.20. The Bertz CT molecular complexity index is 571. The molecule has 1 N–H and O–H groups in total. The maximum Gasteiger partial charge on any atom is 0.237 e. The third-order valence-electron chi connectivity index (χ3n) is 4.67. The molecular weight excluding hydrogens is 361 g/mol. The molecule has 0 radical (unpaired) electrons. The fourth-order valence-corrected chi connectivity index (χ4v) is 3.39. The molecule has 1 aliphatic carbocycles. The summed E-state index contributed by atoms with van der Waals surface area (Å²) in [5.41, 5.74) is 1.10. The van der Waals surface area contributed by atoms with Crippen LogP contribution in [0.1, 0.15) is 25.3 Å². The van der Waals surface area contributed by atoms with E-state index in [2.05, 4.69) is 31.0 Å². The molecule has 1 saturated carbocycles. The molecule has 1 saturated heterocycles. The Morgan fingerprint density at radius 2 is 2.04 bits per heavy atom. The van der Waals surface area contributed by atoms with Crippen molar-refractivity contribution in [2.45, 2.75) is 38.4 Å². The highest BCUT2D eigenvalue weighted by atomic mass is 79.9. The molecule has 0 bridgehead atoms. The lowest BCUT2D eigenvalue weighted by Gasteiger charge is -2.37. The normalized spacial score (nSPS) is 21.2. The van der Waals surface area contributed by atoms with Crippen LogP contribution in [0.2, 0.25) is 0 Å². The fourth-order valence-electron chi connectivity index (χ4n) is 2.91. The van der Waals surface area contributed by atoms with Crippen molar-refractivity contribution in [2.75, 3.05) is 26.2 Å². The average Bonchev–Trinajstić information content (AvgIpc) is 3.34. The summed E-state index contributed by atoms with van der Waals surface area (Å²) in [5.74, 6) is -0.0665. The molecule has 0 spiro atoms. The zero-order chi connectivity index (χ0) is 16.4. The third kappa shape index (κ3) is 4.52. The van der Waals surface area contributed by atoms with Gasteiger partial charge < -0.3 is 5.32 Å². The lowest BCUT2D eigenvalue weighted by atomic mass is 10.1. The Kier molecular flexibility index (Phi) is 5.34. The first kappa shape index (κ1) is 16.9. The van der Waals surface area contributed by atoms with Crippen LogP contribution in [0.25, 0.3) is 0 Å². The first-order chi connectivity index (χ1) is 11.0. The standard InChI is InChI=1S/C17H23BrFN3O/c1-12(17(23)20-15-4-5-15)22-8-6-21(7-9-22)11-13-2-3-14(19)10-16(13)18/h2-3,10,12,15H,4-9,11H2,1H3,(H,20,23). The smallest absolute Gasteiger partial charge is 0.237 e. The van der Waals surface area contributed by atoms with Gasteiger partial charge in [-0.05, 0) is 37.5 Å². The highest BCUT2D eigenvalue weighted by molar-refractivity contribution is 9.10. The second kappa shape index (κ2) is 7.28. The molecule has 4 nitrogen and oxygen atoms in total. The van der Waals surface area contributed by atoms with E-state index in [1.165, 1.54) is 12.1 Å². The Balaban J connectivity index is 1.48. The van der Waals surface area contributed by atoms with Crippen LogP contribution < -0.4 is 5.32 Å². The Labute approximate surface area is 145 Å². The number of halogens is 2. The largest absolute Gasteiger partial charge is 0.352 e. The van der Waals surface area contributed by atoms with Gasteiger partial charge in [0.05, 0.1) is 6.04 Å². The number of carbonyl (C=O) groups excluding carboxylic acids is 1. The van der Waals surface area contributed by atoms with E-state index in [4.69, 9.17) is 0 Å². The first-order valence-corrected chi connectivity index (χ1v) is 9.03. The van der Waals surface area contributed by atoms with Crippen LogP contribution in [0.5, 0.6) is 0 Å².